The molecule has 2 aliphatic heterocycles. The Morgan fingerprint density at radius 2 is 1.84 bits per heavy atom. The highest BCUT2D eigenvalue weighted by atomic mass is 19.2. The molecule has 4 rings (SSSR count). The molecule has 7 heteroatoms. The van der Waals surface area contributed by atoms with Crippen LogP contribution < -0.4 is 0 Å². The quantitative estimate of drug-likeness (QED) is 0.686. The van der Waals surface area contributed by atoms with Crippen molar-refractivity contribution in [1.29, 1.82) is 0 Å². The van der Waals surface area contributed by atoms with Gasteiger partial charge >= 0.3 is 5.97 Å². The van der Waals surface area contributed by atoms with Crippen LogP contribution in [-0.2, 0) is 20.9 Å². The highest BCUT2D eigenvalue weighted by Crippen LogP contribution is 2.43. The van der Waals surface area contributed by atoms with E-state index in [0.29, 0.717) is 25.2 Å². The van der Waals surface area contributed by atoms with Crippen molar-refractivity contribution in [3.8, 4) is 0 Å². The van der Waals surface area contributed by atoms with Crippen molar-refractivity contribution < 1.29 is 23.1 Å². The zero-order chi connectivity index (χ0) is 22.0. The maximum absolute atomic E-state index is 14.7. The number of fused-ring (bicyclic) bond motifs is 1. The van der Waals surface area contributed by atoms with E-state index in [-0.39, 0.29) is 30.4 Å². The fraction of sp³-hybridized carbons (Fsp3) is 0.417. The molecular formula is C24H26F2N2O3. The second-order valence-electron chi connectivity index (χ2n) is 8.30. The van der Waals surface area contributed by atoms with Crippen LogP contribution in [0.2, 0.25) is 0 Å². The number of benzene rings is 2. The summed E-state index contributed by atoms with van der Waals surface area (Å²) in [5, 5.41) is 0. The molecule has 164 valence electrons. The lowest BCUT2D eigenvalue weighted by Gasteiger charge is -2.39. The summed E-state index contributed by atoms with van der Waals surface area (Å²) in [6.07, 6.45) is 0.733. The SMILES string of the molecule is CC(=O)OCC(=O)N1CC[C@H]2[C@@H](C1)[C@H](c1cccc(F)c1F)CN2Cc1ccccc1. The number of halogens is 2. The molecule has 0 radical (unpaired) electrons. The number of nitrogens with zero attached hydrogens (tertiary/aromatic N) is 2. The molecule has 1 amide bonds. The van der Waals surface area contributed by atoms with Crippen LogP contribution in [0.4, 0.5) is 8.78 Å². The first-order chi connectivity index (χ1) is 14.9. The van der Waals surface area contributed by atoms with Crippen LogP contribution in [-0.4, -0.2) is 54.0 Å². The number of carbonyl (C=O) groups excluding carboxylic acids is 2. The van der Waals surface area contributed by atoms with Crippen LogP contribution in [0.25, 0.3) is 0 Å². The summed E-state index contributed by atoms with van der Waals surface area (Å²) >= 11 is 0. The van der Waals surface area contributed by atoms with E-state index in [2.05, 4.69) is 17.0 Å². The molecule has 2 heterocycles. The number of piperidine rings is 1. The van der Waals surface area contributed by atoms with Crippen LogP contribution in [0.3, 0.4) is 0 Å². The minimum absolute atomic E-state index is 0.0324. The number of likely N-dealkylation sites (tertiary alicyclic amines) is 2. The molecule has 0 N–H and O–H groups in total. The molecule has 2 aliphatic rings. The van der Waals surface area contributed by atoms with E-state index in [4.69, 9.17) is 4.74 Å². The fourth-order valence-corrected chi connectivity index (χ4v) is 4.96. The Kier molecular flexibility index (Phi) is 6.32. The van der Waals surface area contributed by atoms with Gasteiger partial charge in [0.05, 0.1) is 0 Å². The molecule has 0 aromatic heterocycles. The Bertz CT molecular complexity index is 953. The van der Waals surface area contributed by atoms with Gasteiger partial charge in [0.15, 0.2) is 18.2 Å². The average molecular weight is 428 g/mol. The number of rotatable bonds is 5. The average Bonchev–Trinajstić information content (AvgIpc) is 3.12. The van der Waals surface area contributed by atoms with Crippen molar-refractivity contribution in [3.05, 3.63) is 71.3 Å². The number of amides is 1. The number of carbonyl (C=O) groups is 2. The molecule has 5 nitrogen and oxygen atoms in total. The monoisotopic (exact) mass is 428 g/mol. The van der Waals surface area contributed by atoms with E-state index < -0.39 is 17.6 Å². The first-order valence-electron chi connectivity index (χ1n) is 10.6. The van der Waals surface area contributed by atoms with Gasteiger partial charge in [-0.1, -0.05) is 42.5 Å². The Morgan fingerprint density at radius 1 is 1.06 bits per heavy atom. The molecule has 31 heavy (non-hydrogen) atoms. The summed E-state index contributed by atoms with van der Waals surface area (Å²) in [7, 11) is 0. The van der Waals surface area contributed by atoms with Gasteiger partial charge in [-0.15, -0.1) is 0 Å². The maximum atomic E-state index is 14.7. The third kappa shape index (κ3) is 4.61. The van der Waals surface area contributed by atoms with Crippen LogP contribution >= 0.6 is 0 Å². The summed E-state index contributed by atoms with van der Waals surface area (Å²) in [4.78, 5) is 27.6. The van der Waals surface area contributed by atoms with Crippen molar-refractivity contribution >= 4 is 11.9 Å². The summed E-state index contributed by atoms with van der Waals surface area (Å²) in [6, 6.07) is 14.5. The number of hydrogen-bond acceptors (Lipinski definition) is 4. The first kappa shape index (κ1) is 21.4. The molecule has 2 aromatic rings. The molecule has 2 aromatic carbocycles. The highest BCUT2D eigenvalue weighted by Gasteiger charge is 2.46. The standard InChI is InChI=1S/C24H26F2N2O3/c1-16(29)31-15-23(30)27-11-10-22-20(14-27)19(18-8-5-9-21(25)24(18)26)13-28(22)12-17-6-3-2-4-7-17/h2-9,19-20,22H,10-15H2,1H3/t19-,20-,22-/m0/s1. The van der Waals surface area contributed by atoms with E-state index in [0.717, 1.165) is 24.6 Å². The smallest absolute Gasteiger partial charge is 0.303 e. The zero-order valence-corrected chi connectivity index (χ0v) is 17.5. The third-order valence-corrected chi connectivity index (χ3v) is 6.40. The Balaban J connectivity index is 1.58. The van der Waals surface area contributed by atoms with Crippen molar-refractivity contribution in [2.24, 2.45) is 5.92 Å². The lowest BCUT2D eigenvalue weighted by atomic mass is 9.81. The first-order valence-corrected chi connectivity index (χ1v) is 10.6. The Hall–Kier alpha value is -2.80. The minimum atomic E-state index is -0.853. The third-order valence-electron chi connectivity index (χ3n) is 6.40. The number of hydrogen-bond donors (Lipinski definition) is 0. The largest absolute Gasteiger partial charge is 0.456 e. The topological polar surface area (TPSA) is 49.9 Å². The van der Waals surface area contributed by atoms with E-state index >= 15 is 0 Å². The molecule has 0 aliphatic carbocycles. The molecule has 0 saturated carbocycles. The molecule has 3 atom stereocenters. The van der Waals surface area contributed by atoms with Gasteiger partial charge < -0.3 is 9.64 Å². The fourth-order valence-electron chi connectivity index (χ4n) is 4.96. The second kappa shape index (κ2) is 9.14. The van der Waals surface area contributed by atoms with Crippen molar-refractivity contribution in [2.75, 3.05) is 26.2 Å². The lowest BCUT2D eigenvalue weighted by molar-refractivity contribution is -0.151. The zero-order valence-electron chi connectivity index (χ0n) is 17.5. The maximum Gasteiger partial charge on any atom is 0.303 e. The van der Waals surface area contributed by atoms with E-state index in [1.807, 2.05) is 18.2 Å². The van der Waals surface area contributed by atoms with Crippen LogP contribution in [0.15, 0.2) is 48.5 Å². The summed E-state index contributed by atoms with van der Waals surface area (Å²) in [5.41, 5.74) is 1.52. The van der Waals surface area contributed by atoms with Gasteiger partial charge in [-0.2, -0.15) is 0 Å². The normalized spacial score (nSPS) is 23.5. The summed E-state index contributed by atoms with van der Waals surface area (Å²) < 4.78 is 33.5. The summed E-state index contributed by atoms with van der Waals surface area (Å²) in [5.74, 6) is -2.68. The van der Waals surface area contributed by atoms with E-state index in [1.165, 1.54) is 13.0 Å². The predicted molar refractivity (Wildman–Crippen MR) is 111 cm³/mol. The molecule has 2 fully saturated rings. The lowest BCUT2D eigenvalue weighted by Crippen LogP contribution is -2.49. The van der Waals surface area contributed by atoms with Gasteiger partial charge in [-0.25, -0.2) is 8.78 Å². The molecular weight excluding hydrogens is 402 g/mol. The van der Waals surface area contributed by atoms with Gasteiger partial charge in [0.2, 0.25) is 0 Å². The summed E-state index contributed by atoms with van der Waals surface area (Å²) in [6.45, 7) is 3.26. The van der Waals surface area contributed by atoms with Gasteiger partial charge in [-0.3, -0.25) is 14.5 Å². The van der Waals surface area contributed by atoms with Crippen molar-refractivity contribution in [3.63, 3.8) is 0 Å². The van der Waals surface area contributed by atoms with Crippen LogP contribution in [0.5, 0.6) is 0 Å². The number of ether oxygens (including phenoxy) is 1. The highest BCUT2D eigenvalue weighted by molar-refractivity contribution is 5.80. The van der Waals surface area contributed by atoms with Gasteiger partial charge in [0, 0.05) is 51.0 Å². The van der Waals surface area contributed by atoms with Gasteiger partial charge in [-0.05, 0) is 23.6 Å². The number of esters is 1. The molecule has 2 saturated heterocycles. The van der Waals surface area contributed by atoms with E-state index in [1.54, 1.807) is 11.0 Å². The van der Waals surface area contributed by atoms with Gasteiger partial charge in [0.1, 0.15) is 0 Å². The minimum Gasteiger partial charge on any atom is -0.456 e. The predicted octanol–water partition coefficient (Wildman–Crippen LogP) is 3.34. The van der Waals surface area contributed by atoms with Gasteiger partial charge in [0.25, 0.3) is 5.91 Å². The Morgan fingerprint density at radius 3 is 2.58 bits per heavy atom. The molecule has 0 bridgehead atoms. The van der Waals surface area contributed by atoms with Crippen LogP contribution in [0, 0.1) is 17.6 Å². The Labute approximate surface area is 180 Å². The van der Waals surface area contributed by atoms with Crippen molar-refractivity contribution in [2.45, 2.75) is 31.8 Å². The molecule has 0 spiro atoms. The van der Waals surface area contributed by atoms with Crippen molar-refractivity contribution in [1.82, 2.24) is 9.80 Å². The second-order valence-corrected chi connectivity index (χ2v) is 8.30. The van der Waals surface area contributed by atoms with E-state index in [9.17, 15) is 18.4 Å². The van der Waals surface area contributed by atoms with Crippen LogP contribution in [0.1, 0.15) is 30.4 Å². The molecule has 0 unspecified atom stereocenters.